The van der Waals surface area contributed by atoms with E-state index in [4.69, 9.17) is 16.3 Å². The molecule has 0 fully saturated rings. The molecule has 0 radical (unpaired) electrons. The van der Waals surface area contributed by atoms with E-state index in [9.17, 15) is 9.90 Å². The zero-order valence-electron chi connectivity index (χ0n) is 12.0. The molecule has 1 aliphatic heterocycles. The van der Waals surface area contributed by atoms with Gasteiger partial charge in [-0.05, 0) is 29.8 Å². The van der Waals surface area contributed by atoms with Gasteiger partial charge in [0.05, 0.1) is 5.69 Å². The van der Waals surface area contributed by atoms with Gasteiger partial charge in [-0.25, -0.2) is 4.79 Å². The first kappa shape index (κ1) is 13.9. The van der Waals surface area contributed by atoms with Crippen molar-refractivity contribution in [1.82, 2.24) is 4.98 Å². The third kappa shape index (κ3) is 2.19. The van der Waals surface area contributed by atoms with Crippen molar-refractivity contribution in [2.24, 2.45) is 0 Å². The van der Waals surface area contributed by atoms with Gasteiger partial charge in [-0.3, -0.25) is 0 Å². The molecular weight excluding hydrogens is 314 g/mol. The summed E-state index contributed by atoms with van der Waals surface area (Å²) in [5, 5.41) is 10.1. The van der Waals surface area contributed by atoms with Crippen LogP contribution in [0.4, 0.5) is 0 Å². The summed E-state index contributed by atoms with van der Waals surface area (Å²) < 4.78 is 5.79. The molecule has 3 aromatic rings. The van der Waals surface area contributed by atoms with Crippen molar-refractivity contribution in [2.75, 3.05) is 0 Å². The number of carbonyl (C=O) groups is 1. The van der Waals surface area contributed by atoms with E-state index >= 15 is 0 Å². The number of nitrogens with one attached hydrogen (secondary N) is 1. The third-order valence-corrected chi connectivity index (χ3v) is 4.19. The van der Waals surface area contributed by atoms with Gasteiger partial charge in [0.15, 0.2) is 0 Å². The van der Waals surface area contributed by atoms with Crippen molar-refractivity contribution in [3.63, 3.8) is 0 Å². The molecule has 0 unspecified atom stereocenters. The van der Waals surface area contributed by atoms with E-state index in [2.05, 4.69) is 4.98 Å². The molecule has 0 aliphatic carbocycles. The highest BCUT2D eigenvalue weighted by molar-refractivity contribution is 6.30. The zero-order chi connectivity index (χ0) is 16.0. The second-order valence-corrected chi connectivity index (χ2v) is 5.77. The number of rotatable bonds is 2. The quantitative estimate of drug-likeness (QED) is 0.724. The molecule has 0 bridgehead atoms. The number of benzene rings is 2. The molecule has 5 heteroatoms. The Morgan fingerprint density at radius 3 is 2.78 bits per heavy atom. The molecule has 114 valence electrons. The van der Waals surface area contributed by atoms with E-state index in [-0.39, 0.29) is 5.69 Å². The molecule has 4 nitrogen and oxygen atoms in total. The molecule has 1 aromatic heterocycles. The average Bonchev–Trinajstić information content (AvgIpc) is 2.95. The number of H-pyrrole nitrogens is 1. The van der Waals surface area contributed by atoms with Crippen LogP contribution in [0.25, 0.3) is 22.4 Å². The van der Waals surface area contributed by atoms with Crippen LogP contribution < -0.4 is 4.74 Å². The van der Waals surface area contributed by atoms with Gasteiger partial charge in [-0.2, -0.15) is 0 Å². The van der Waals surface area contributed by atoms with Gasteiger partial charge in [-0.15, -0.1) is 0 Å². The summed E-state index contributed by atoms with van der Waals surface area (Å²) in [6, 6.07) is 14.8. The van der Waals surface area contributed by atoms with Crippen LogP contribution in [0.2, 0.25) is 5.02 Å². The molecule has 0 atom stereocenters. The first-order valence-corrected chi connectivity index (χ1v) is 7.49. The van der Waals surface area contributed by atoms with Crippen molar-refractivity contribution >= 4 is 17.6 Å². The summed E-state index contributed by atoms with van der Waals surface area (Å²) in [7, 11) is 0. The third-order valence-electron chi connectivity index (χ3n) is 3.96. The second-order valence-electron chi connectivity index (χ2n) is 5.33. The summed E-state index contributed by atoms with van der Waals surface area (Å²) in [5.74, 6) is -0.261. The molecule has 2 N–H and O–H groups in total. The average molecular weight is 326 g/mol. The molecule has 2 aromatic carbocycles. The van der Waals surface area contributed by atoms with Gasteiger partial charge in [0, 0.05) is 21.7 Å². The lowest BCUT2D eigenvalue weighted by Crippen LogP contribution is -2.05. The zero-order valence-corrected chi connectivity index (χ0v) is 12.7. The molecule has 2 heterocycles. The first-order chi connectivity index (χ1) is 11.1. The lowest BCUT2D eigenvalue weighted by atomic mass is 9.96. The SMILES string of the molecule is O=C(O)c1[nH]c2c(c1-c1cccc(Cl)c1)COc1ccccc1-2. The smallest absolute Gasteiger partial charge is 0.352 e. The molecule has 0 saturated heterocycles. The Balaban J connectivity index is 2.01. The standard InChI is InChI=1S/C18H12ClNO3/c19-11-5-3-4-10(8-11)15-13-9-23-14-7-2-1-6-12(14)16(13)20-17(15)18(21)22/h1-8,20H,9H2,(H,21,22). The minimum absolute atomic E-state index is 0.151. The number of hydrogen-bond donors (Lipinski definition) is 2. The molecular formula is C18H12ClNO3. The van der Waals surface area contributed by atoms with Crippen molar-refractivity contribution in [1.29, 1.82) is 0 Å². The van der Waals surface area contributed by atoms with Crippen LogP contribution >= 0.6 is 11.6 Å². The Labute approximate surface area is 137 Å². The lowest BCUT2D eigenvalue weighted by molar-refractivity contribution is 0.0692. The summed E-state index contributed by atoms with van der Waals surface area (Å²) in [6.45, 7) is 0.317. The fraction of sp³-hybridized carbons (Fsp3) is 0.0556. The number of aromatic carboxylic acids is 1. The highest BCUT2D eigenvalue weighted by Gasteiger charge is 2.28. The predicted molar refractivity (Wildman–Crippen MR) is 88.0 cm³/mol. The summed E-state index contributed by atoms with van der Waals surface area (Å²) >= 11 is 6.07. The largest absolute Gasteiger partial charge is 0.488 e. The number of fused-ring (bicyclic) bond motifs is 3. The Morgan fingerprint density at radius 1 is 1.17 bits per heavy atom. The van der Waals surface area contributed by atoms with Crippen LogP contribution in [0.15, 0.2) is 48.5 Å². The predicted octanol–water partition coefficient (Wildman–Crippen LogP) is 4.59. The molecule has 0 amide bonds. The Morgan fingerprint density at radius 2 is 2.00 bits per heavy atom. The Kier molecular flexibility index (Phi) is 3.13. The van der Waals surface area contributed by atoms with Crippen LogP contribution in [-0.4, -0.2) is 16.1 Å². The maximum atomic E-state index is 11.7. The Hall–Kier alpha value is -2.72. The number of ether oxygens (including phenoxy) is 1. The van der Waals surface area contributed by atoms with Crippen molar-refractivity contribution in [2.45, 2.75) is 6.61 Å². The van der Waals surface area contributed by atoms with Crippen molar-refractivity contribution in [3.05, 3.63) is 64.8 Å². The fourth-order valence-electron chi connectivity index (χ4n) is 2.98. The molecule has 4 rings (SSSR count). The van der Waals surface area contributed by atoms with Gasteiger partial charge < -0.3 is 14.8 Å². The monoisotopic (exact) mass is 325 g/mol. The number of carboxylic acids is 1. The van der Waals surface area contributed by atoms with Gasteiger partial charge in [0.25, 0.3) is 0 Å². The number of hydrogen-bond acceptors (Lipinski definition) is 2. The van der Waals surface area contributed by atoms with E-state index in [1.807, 2.05) is 30.3 Å². The normalized spacial score (nSPS) is 12.2. The molecule has 0 spiro atoms. The van der Waals surface area contributed by atoms with E-state index < -0.39 is 5.97 Å². The summed E-state index contributed by atoms with van der Waals surface area (Å²) in [4.78, 5) is 14.8. The van der Waals surface area contributed by atoms with Crippen LogP contribution in [0.1, 0.15) is 16.1 Å². The highest BCUT2D eigenvalue weighted by Crippen LogP contribution is 2.43. The fourth-order valence-corrected chi connectivity index (χ4v) is 3.18. The second kappa shape index (κ2) is 5.18. The van der Waals surface area contributed by atoms with Crippen molar-refractivity contribution in [3.8, 4) is 28.1 Å². The highest BCUT2D eigenvalue weighted by atomic mass is 35.5. The van der Waals surface area contributed by atoms with E-state index in [0.29, 0.717) is 17.2 Å². The van der Waals surface area contributed by atoms with Crippen molar-refractivity contribution < 1.29 is 14.6 Å². The minimum Gasteiger partial charge on any atom is -0.488 e. The first-order valence-electron chi connectivity index (χ1n) is 7.11. The van der Waals surface area contributed by atoms with Gasteiger partial charge in [-0.1, -0.05) is 35.9 Å². The Bertz CT molecular complexity index is 930. The lowest BCUT2D eigenvalue weighted by Gasteiger charge is -2.18. The molecule has 1 aliphatic rings. The van der Waals surface area contributed by atoms with Gasteiger partial charge in [0.1, 0.15) is 18.1 Å². The maximum absolute atomic E-state index is 11.7. The van der Waals surface area contributed by atoms with Crippen LogP contribution in [0.5, 0.6) is 5.75 Å². The topological polar surface area (TPSA) is 62.3 Å². The number of para-hydroxylation sites is 1. The summed E-state index contributed by atoms with van der Waals surface area (Å²) in [6.07, 6.45) is 0. The van der Waals surface area contributed by atoms with Crippen LogP contribution in [-0.2, 0) is 6.61 Å². The number of carboxylic acid groups (broad SMARTS) is 1. The minimum atomic E-state index is -1.01. The maximum Gasteiger partial charge on any atom is 0.352 e. The van der Waals surface area contributed by atoms with E-state index in [1.54, 1.807) is 18.2 Å². The van der Waals surface area contributed by atoms with Gasteiger partial charge in [0.2, 0.25) is 0 Å². The molecule has 0 saturated carbocycles. The number of halogens is 1. The molecule has 23 heavy (non-hydrogen) atoms. The van der Waals surface area contributed by atoms with Gasteiger partial charge >= 0.3 is 5.97 Å². The summed E-state index contributed by atoms with van der Waals surface area (Å²) in [5.41, 5.74) is 4.03. The van der Waals surface area contributed by atoms with Crippen LogP contribution in [0.3, 0.4) is 0 Å². The number of aromatic nitrogens is 1. The van der Waals surface area contributed by atoms with Crippen LogP contribution in [0, 0.1) is 0 Å². The van der Waals surface area contributed by atoms with E-state index in [1.165, 1.54) is 0 Å². The van der Waals surface area contributed by atoms with E-state index in [0.717, 1.165) is 28.1 Å². The number of aromatic amines is 1.